The van der Waals surface area contributed by atoms with E-state index in [1.165, 1.54) is 10.6 Å². The van der Waals surface area contributed by atoms with Gasteiger partial charge >= 0.3 is 18.4 Å². The lowest BCUT2D eigenvalue weighted by Gasteiger charge is -2.36. The number of benzene rings is 2. The molecule has 37 heavy (non-hydrogen) atoms. The maximum absolute atomic E-state index is 12.9. The molecule has 0 N–H and O–H groups in total. The standard InChI is InChI=1S/C23H22F6N4O3S/c1-35-18-5-3-2-4-16(18)32-11-8-31(9-12-32)10-13-33-17-7-6-15(36-23(27,28)29)14-19(17)37-21(33)30-20(34)22(24,25)26/h2-7,14H,8-13H2,1H3. The molecule has 2 heterocycles. The molecule has 2 aromatic carbocycles. The Balaban J connectivity index is 1.54. The fourth-order valence-electron chi connectivity index (χ4n) is 4.05. The van der Waals surface area contributed by atoms with Gasteiger partial charge in [-0.3, -0.25) is 9.69 Å². The predicted molar refractivity (Wildman–Crippen MR) is 125 cm³/mol. The van der Waals surface area contributed by atoms with Crippen LogP contribution in [0.5, 0.6) is 11.5 Å². The number of rotatable bonds is 6. The summed E-state index contributed by atoms with van der Waals surface area (Å²) in [6, 6.07) is 11.1. The summed E-state index contributed by atoms with van der Waals surface area (Å²) in [6.45, 7) is 3.32. The van der Waals surface area contributed by atoms with Gasteiger partial charge in [0.15, 0.2) is 4.80 Å². The molecule has 1 aromatic heterocycles. The van der Waals surface area contributed by atoms with Gasteiger partial charge in [0, 0.05) is 39.3 Å². The Hall–Kier alpha value is -3.26. The fraction of sp³-hybridized carbons (Fsp3) is 0.391. The highest BCUT2D eigenvalue weighted by Crippen LogP contribution is 2.30. The third kappa shape index (κ3) is 6.55. The van der Waals surface area contributed by atoms with Crippen LogP contribution in [0.25, 0.3) is 10.2 Å². The van der Waals surface area contributed by atoms with Crippen molar-refractivity contribution >= 4 is 33.1 Å². The van der Waals surface area contributed by atoms with Crippen molar-refractivity contribution in [3.05, 3.63) is 47.3 Å². The molecule has 200 valence electrons. The second-order valence-corrected chi connectivity index (χ2v) is 9.14. The summed E-state index contributed by atoms with van der Waals surface area (Å²) in [5.41, 5.74) is 1.31. The van der Waals surface area contributed by atoms with Crippen LogP contribution >= 0.6 is 11.3 Å². The maximum Gasteiger partial charge on any atom is 0.573 e. The number of nitrogens with zero attached hydrogens (tertiary/aromatic N) is 4. The Morgan fingerprint density at radius 1 is 1.00 bits per heavy atom. The molecule has 0 unspecified atom stereocenters. The molecule has 1 fully saturated rings. The molecular formula is C23H22F6N4O3S. The fourth-order valence-corrected chi connectivity index (χ4v) is 5.13. The molecular weight excluding hydrogens is 526 g/mol. The number of alkyl halides is 6. The first-order valence-electron chi connectivity index (χ1n) is 11.1. The number of para-hydroxylation sites is 2. The first-order valence-corrected chi connectivity index (χ1v) is 11.9. The highest BCUT2D eigenvalue weighted by atomic mass is 32.1. The summed E-state index contributed by atoms with van der Waals surface area (Å²) in [6.07, 6.45) is -10.1. The molecule has 14 heteroatoms. The zero-order valence-corrected chi connectivity index (χ0v) is 20.3. The predicted octanol–water partition coefficient (Wildman–Crippen LogP) is 4.42. The normalized spacial score (nSPS) is 15.9. The van der Waals surface area contributed by atoms with Gasteiger partial charge in [-0.1, -0.05) is 23.5 Å². The van der Waals surface area contributed by atoms with E-state index in [4.69, 9.17) is 4.74 Å². The summed E-state index contributed by atoms with van der Waals surface area (Å²) in [7, 11) is 1.60. The lowest BCUT2D eigenvalue weighted by atomic mass is 10.2. The molecule has 1 aliphatic heterocycles. The van der Waals surface area contributed by atoms with Crippen molar-refractivity contribution in [3.63, 3.8) is 0 Å². The minimum absolute atomic E-state index is 0.179. The molecule has 0 radical (unpaired) electrons. The average Bonchev–Trinajstić information content (AvgIpc) is 3.17. The molecule has 1 aliphatic rings. The topological polar surface area (TPSA) is 59.3 Å². The number of methoxy groups -OCH3 is 1. The third-order valence-corrected chi connectivity index (χ3v) is 6.81. The monoisotopic (exact) mass is 548 g/mol. The van der Waals surface area contributed by atoms with E-state index >= 15 is 0 Å². The summed E-state index contributed by atoms with van der Waals surface area (Å²) in [4.78, 5) is 18.8. The molecule has 4 rings (SSSR count). The molecule has 0 spiro atoms. The number of carbonyl (C=O) groups excluding carboxylic acids is 1. The number of carbonyl (C=O) groups is 1. The summed E-state index contributed by atoms with van der Waals surface area (Å²) in [5.74, 6) is -2.05. The quantitative estimate of drug-likeness (QED) is 0.427. The molecule has 1 amide bonds. The van der Waals surface area contributed by atoms with E-state index in [1.807, 2.05) is 24.3 Å². The van der Waals surface area contributed by atoms with E-state index in [1.54, 1.807) is 7.11 Å². The van der Waals surface area contributed by atoms with Gasteiger partial charge in [-0.25, -0.2) is 0 Å². The number of halogens is 6. The number of amides is 1. The van der Waals surface area contributed by atoms with Crippen LogP contribution in [0.15, 0.2) is 47.5 Å². The van der Waals surface area contributed by atoms with Crippen LogP contribution in [-0.2, 0) is 11.3 Å². The Kier molecular flexibility index (Phi) is 7.69. The van der Waals surface area contributed by atoms with E-state index in [0.717, 1.165) is 23.6 Å². The van der Waals surface area contributed by atoms with Gasteiger partial charge in [-0.05, 0) is 30.3 Å². The Morgan fingerprint density at radius 3 is 2.35 bits per heavy atom. The molecule has 3 aromatic rings. The van der Waals surface area contributed by atoms with Gasteiger partial charge in [0.1, 0.15) is 11.5 Å². The second kappa shape index (κ2) is 10.6. The zero-order valence-electron chi connectivity index (χ0n) is 19.5. The lowest BCUT2D eigenvalue weighted by Crippen LogP contribution is -2.47. The van der Waals surface area contributed by atoms with E-state index in [0.29, 0.717) is 49.6 Å². The minimum atomic E-state index is -5.17. The van der Waals surface area contributed by atoms with Crippen molar-refractivity contribution in [2.75, 3.05) is 44.7 Å². The van der Waals surface area contributed by atoms with E-state index in [2.05, 4.69) is 19.5 Å². The summed E-state index contributed by atoms with van der Waals surface area (Å²) < 4.78 is 87.4. The van der Waals surface area contributed by atoms with Crippen LogP contribution in [0.4, 0.5) is 32.0 Å². The van der Waals surface area contributed by atoms with E-state index < -0.39 is 24.2 Å². The highest BCUT2D eigenvalue weighted by molar-refractivity contribution is 7.16. The van der Waals surface area contributed by atoms with Gasteiger partial charge in [0.05, 0.1) is 23.0 Å². The number of anilines is 1. The molecule has 0 saturated carbocycles. The third-order valence-electron chi connectivity index (χ3n) is 5.77. The van der Waals surface area contributed by atoms with Crippen LogP contribution in [-0.4, -0.2) is 67.7 Å². The van der Waals surface area contributed by atoms with Crippen molar-refractivity contribution in [2.24, 2.45) is 4.99 Å². The molecule has 0 atom stereocenters. The van der Waals surface area contributed by atoms with Gasteiger partial charge in [-0.15, -0.1) is 13.2 Å². The maximum atomic E-state index is 12.9. The molecule has 7 nitrogen and oxygen atoms in total. The van der Waals surface area contributed by atoms with Crippen LogP contribution in [0.2, 0.25) is 0 Å². The molecule has 1 saturated heterocycles. The smallest absolute Gasteiger partial charge is 0.495 e. The van der Waals surface area contributed by atoms with Crippen molar-refractivity contribution in [1.29, 1.82) is 0 Å². The van der Waals surface area contributed by atoms with Gasteiger partial charge in [-0.2, -0.15) is 18.2 Å². The summed E-state index contributed by atoms with van der Waals surface area (Å²) in [5, 5.41) is 0. The lowest BCUT2D eigenvalue weighted by molar-refractivity contribution is -0.274. The van der Waals surface area contributed by atoms with E-state index in [9.17, 15) is 31.1 Å². The van der Waals surface area contributed by atoms with Crippen molar-refractivity contribution in [2.45, 2.75) is 19.1 Å². The Morgan fingerprint density at radius 2 is 1.70 bits per heavy atom. The Bertz CT molecular complexity index is 1330. The number of hydrogen-bond acceptors (Lipinski definition) is 6. The Labute approximate surface area is 211 Å². The van der Waals surface area contributed by atoms with E-state index in [-0.39, 0.29) is 16.0 Å². The average molecular weight is 549 g/mol. The van der Waals surface area contributed by atoms with Crippen LogP contribution in [0.1, 0.15) is 0 Å². The number of hydrogen-bond donors (Lipinski definition) is 0. The first-order chi connectivity index (χ1) is 17.4. The summed E-state index contributed by atoms with van der Waals surface area (Å²) >= 11 is 0.684. The SMILES string of the molecule is COc1ccccc1N1CCN(CCn2c(=NC(=O)C(F)(F)F)sc3cc(OC(F)(F)F)ccc32)CC1. The largest absolute Gasteiger partial charge is 0.573 e. The second-order valence-electron chi connectivity index (χ2n) is 8.13. The number of aromatic nitrogens is 1. The zero-order chi connectivity index (χ0) is 26.8. The van der Waals surface area contributed by atoms with Crippen molar-refractivity contribution < 1.29 is 40.6 Å². The van der Waals surface area contributed by atoms with Crippen molar-refractivity contribution in [1.82, 2.24) is 9.47 Å². The minimum Gasteiger partial charge on any atom is -0.495 e. The van der Waals surface area contributed by atoms with Gasteiger partial charge < -0.3 is 18.9 Å². The van der Waals surface area contributed by atoms with Crippen LogP contribution in [0.3, 0.4) is 0 Å². The number of piperazine rings is 1. The number of fused-ring (bicyclic) bond motifs is 1. The molecule has 0 bridgehead atoms. The number of thiazole rings is 1. The van der Waals surface area contributed by atoms with Gasteiger partial charge in [0.25, 0.3) is 0 Å². The first kappa shape index (κ1) is 26.8. The highest BCUT2D eigenvalue weighted by Gasteiger charge is 2.39. The number of ether oxygens (including phenoxy) is 2. The van der Waals surface area contributed by atoms with Gasteiger partial charge in [0.2, 0.25) is 0 Å². The molecule has 0 aliphatic carbocycles. The van der Waals surface area contributed by atoms with Crippen LogP contribution in [0, 0.1) is 0 Å². The van der Waals surface area contributed by atoms with Crippen LogP contribution < -0.4 is 19.2 Å². The van der Waals surface area contributed by atoms with Crippen molar-refractivity contribution in [3.8, 4) is 11.5 Å².